The average molecular weight is 480 g/mol. The van der Waals surface area contributed by atoms with Crippen molar-refractivity contribution in [1.82, 2.24) is 0 Å². The molecule has 0 spiro atoms. The summed E-state index contributed by atoms with van der Waals surface area (Å²) in [6.45, 7) is 0. The van der Waals surface area contributed by atoms with E-state index in [1.807, 2.05) is 91.0 Å². The third kappa shape index (κ3) is 3.08. The molecule has 160 valence electrons. The topological polar surface area (TPSA) is 55.7 Å². The summed E-state index contributed by atoms with van der Waals surface area (Å²) >= 11 is 7.85. The van der Waals surface area contributed by atoms with E-state index in [0.717, 1.165) is 15.9 Å². The van der Waals surface area contributed by atoms with Crippen LogP contribution in [-0.2, 0) is 14.5 Å². The Morgan fingerprint density at radius 3 is 1.50 bits per heavy atom. The van der Waals surface area contributed by atoms with Gasteiger partial charge in [-0.3, -0.25) is 0 Å². The van der Waals surface area contributed by atoms with Crippen molar-refractivity contribution in [3.8, 4) is 0 Å². The molecule has 4 nitrogen and oxygen atoms in total. The van der Waals surface area contributed by atoms with E-state index in [0.29, 0.717) is 5.56 Å². The van der Waals surface area contributed by atoms with E-state index in [2.05, 4.69) is 4.40 Å². The number of hydrogen-bond donors (Lipinski definition) is 0. The zero-order chi connectivity index (χ0) is 22.3. The van der Waals surface area contributed by atoms with Crippen molar-refractivity contribution < 1.29 is 12.9 Å². The predicted molar refractivity (Wildman–Crippen MR) is 132 cm³/mol. The van der Waals surface area contributed by atoms with Gasteiger partial charge in [0.1, 0.15) is 0 Å². The van der Waals surface area contributed by atoms with Crippen LogP contribution in [0.1, 0.15) is 5.56 Å². The van der Waals surface area contributed by atoms with Gasteiger partial charge < -0.3 is 0 Å². The molecule has 4 aromatic carbocycles. The standard InChI is InChI=1S/C25H19ClNO3PS/c26-31(20-12-4-1-5-13-20,21-14-6-2-7-15-21,22-16-8-3-9-17-22)30-25-23-18-10-11-19-24(23)32(28,29)27-25/h1-19H. The van der Waals surface area contributed by atoms with Crippen LogP contribution in [0, 0.1) is 0 Å². The minimum absolute atomic E-state index is 0.00447. The van der Waals surface area contributed by atoms with Crippen LogP contribution in [-0.4, -0.2) is 14.3 Å². The van der Waals surface area contributed by atoms with E-state index in [1.54, 1.807) is 18.2 Å². The maximum absolute atomic E-state index is 12.8. The molecule has 0 fully saturated rings. The van der Waals surface area contributed by atoms with Crippen LogP contribution in [0.3, 0.4) is 0 Å². The molecule has 0 saturated carbocycles. The average Bonchev–Trinajstić information content (AvgIpc) is 3.10. The van der Waals surface area contributed by atoms with Gasteiger partial charge in [0.2, 0.25) is 0 Å². The monoisotopic (exact) mass is 479 g/mol. The normalized spacial score (nSPS) is 15.8. The Hall–Kier alpha value is -2.98. The van der Waals surface area contributed by atoms with Gasteiger partial charge in [0.05, 0.1) is 0 Å². The van der Waals surface area contributed by atoms with Crippen molar-refractivity contribution in [2.75, 3.05) is 0 Å². The number of rotatable bonds is 4. The number of sulfonamides is 1. The predicted octanol–water partition coefficient (Wildman–Crippen LogP) is 4.75. The summed E-state index contributed by atoms with van der Waals surface area (Å²) in [5.41, 5.74) is 0.407. The van der Waals surface area contributed by atoms with Gasteiger partial charge in [0, 0.05) is 0 Å². The molecule has 0 aliphatic carbocycles. The van der Waals surface area contributed by atoms with Crippen LogP contribution in [0.5, 0.6) is 0 Å². The summed E-state index contributed by atoms with van der Waals surface area (Å²) in [4.78, 5) is 0.117. The fourth-order valence-corrected chi connectivity index (χ4v) is 10.2. The molecule has 0 amide bonds. The molecule has 0 saturated heterocycles. The van der Waals surface area contributed by atoms with Crippen molar-refractivity contribution in [2.45, 2.75) is 4.90 Å². The maximum atomic E-state index is 12.8. The van der Waals surface area contributed by atoms with E-state index in [1.165, 1.54) is 6.07 Å². The summed E-state index contributed by atoms with van der Waals surface area (Å²) in [6.07, 6.45) is -4.16. The molecule has 0 N–H and O–H groups in total. The summed E-state index contributed by atoms with van der Waals surface area (Å²) in [5, 5.41) is 2.26. The van der Waals surface area contributed by atoms with Crippen LogP contribution < -0.4 is 15.9 Å². The third-order valence-corrected chi connectivity index (χ3v) is 13.0. The molecule has 1 aliphatic rings. The molecular formula is C25H19ClNO3PS. The third-order valence-electron chi connectivity index (χ3n) is 5.51. The van der Waals surface area contributed by atoms with Crippen LogP contribution in [0.2, 0.25) is 0 Å². The van der Waals surface area contributed by atoms with Gasteiger partial charge in [-0.15, -0.1) is 0 Å². The molecule has 4 aromatic rings. The molecule has 1 heterocycles. The number of benzene rings is 4. The number of hydrogen-bond acceptors (Lipinski definition) is 3. The van der Waals surface area contributed by atoms with Crippen molar-refractivity contribution in [2.24, 2.45) is 4.40 Å². The first-order chi connectivity index (χ1) is 15.4. The van der Waals surface area contributed by atoms with Gasteiger partial charge in [-0.25, -0.2) is 0 Å². The number of nitrogens with zero attached hydrogens (tertiary/aromatic N) is 1. The Morgan fingerprint density at radius 1 is 0.625 bits per heavy atom. The molecule has 7 heteroatoms. The molecule has 0 unspecified atom stereocenters. The number of halogens is 1. The van der Waals surface area contributed by atoms with Crippen LogP contribution in [0.25, 0.3) is 0 Å². The van der Waals surface area contributed by atoms with E-state index >= 15 is 0 Å². The van der Waals surface area contributed by atoms with Gasteiger partial charge in [-0.05, 0) is 0 Å². The Labute approximate surface area is 192 Å². The van der Waals surface area contributed by atoms with Crippen LogP contribution in [0.15, 0.2) is 125 Å². The minimum atomic E-state index is -4.16. The second kappa shape index (κ2) is 7.56. The van der Waals surface area contributed by atoms with Crippen LogP contribution >= 0.6 is 17.4 Å². The van der Waals surface area contributed by atoms with E-state index in [4.69, 9.17) is 15.8 Å². The molecule has 32 heavy (non-hydrogen) atoms. The van der Waals surface area contributed by atoms with Gasteiger partial charge >= 0.3 is 192 Å². The fraction of sp³-hybridized carbons (Fsp3) is 0. The summed E-state index contributed by atoms with van der Waals surface area (Å²) in [6, 6.07) is 35.3. The second-order valence-corrected chi connectivity index (χ2v) is 14.5. The molecule has 0 radical (unpaired) electrons. The van der Waals surface area contributed by atoms with Gasteiger partial charge in [-0.2, -0.15) is 0 Å². The molecule has 0 aromatic heterocycles. The molecule has 5 rings (SSSR count). The van der Waals surface area contributed by atoms with Crippen molar-refractivity contribution in [3.05, 3.63) is 121 Å². The van der Waals surface area contributed by atoms with Gasteiger partial charge in [-0.1, -0.05) is 0 Å². The van der Waals surface area contributed by atoms with Crippen LogP contribution in [0.4, 0.5) is 0 Å². The summed E-state index contributed by atoms with van der Waals surface area (Å²) in [5.74, 6) is 0.00447. The molecule has 0 atom stereocenters. The zero-order valence-corrected chi connectivity index (χ0v) is 19.3. The second-order valence-electron chi connectivity index (χ2n) is 7.40. The Kier molecular flexibility index (Phi) is 4.94. The summed E-state index contributed by atoms with van der Waals surface area (Å²) < 4.78 is 36.3. The fourth-order valence-electron chi connectivity index (χ4n) is 3.99. The molecule has 1 aliphatic heterocycles. The summed E-state index contributed by atoms with van der Waals surface area (Å²) in [7, 11) is -3.88. The first-order valence-corrected chi connectivity index (χ1v) is 14.5. The van der Waals surface area contributed by atoms with Gasteiger partial charge in [0.15, 0.2) is 0 Å². The van der Waals surface area contributed by atoms with Crippen molar-refractivity contribution in [3.63, 3.8) is 0 Å². The van der Waals surface area contributed by atoms with E-state index < -0.39 is 16.2 Å². The SMILES string of the molecule is O=S1(=O)N=C(OP(Cl)(c2ccccc2)(c2ccccc2)c2ccccc2)c2ccccc21. The Bertz CT molecular complexity index is 1330. The molecule has 0 bridgehead atoms. The van der Waals surface area contributed by atoms with Gasteiger partial charge in [0.25, 0.3) is 0 Å². The first-order valence-electron chi connectivity index (χ1n) is 9.98. The number of fused-ring (bicyclic) bond motifs is 1. The Morgan fingerprint density at radius 2 is 1.03 bits per heavy atom. The van der Waals surface area contributed by atoms with Crippen molar-refractivity contribution >= 4 is 49.3 Å². The van der Waals surface area contributed by atoms with E-state index in [-0.39, 0.29) is 10.8 Å². The van der Waals surface area contributed by atoms with E-state index in [9.17, 15) is 8.42 Å². The Balaban J connectivity index is 1.87. The van der Waals surface area contributed by atoms with Crippen molar-refractivity contribution in [1.29, 1.82) is 0 Å². The molecular weight excluding hydrogens is 461 g/mol. The zero-order valence-electron chi connectivity index (χ0n) is 16.9. The quantitative estimate of drug-likeness (QED) is 0.397. The first kappa shape index (κ1) is 20.9.